The molecule has 3 heterocycles. The van der Waals surface area contributed by atoms with Crippen LogP contribution in [0.3, 0.4) is 0 Å². The lowest BCUT2D eigenvalue weighted by Crippen LogP contribution is -2.40. The third kappa shape index (κ3) is 5.48. The number of piperidine rings is 1. The van der Waals surface area contributed by atoms with Gasteiger partial charge in [0.15, 0.2) is 0 Å². The second-order valence-corrected chi connectivity index (χ2v) is 5.90. The van der Waals surface area contributed by atoms with Crippen molar-refractivity contribution in [3.05, 3.63) is 23.9 Å². The second kappa shape index (κ2) is 10.7. The normalized spacial score (nSPS) is 20.5. The number of hydrogen-bond donors (Lipinski definition) is 2. The highest BCUT2D eigenvalue weighted by Crippen LogP contribution is 2.18. The summed E-state index contributed by atoms with van der Waals surface area (Å²) in [5, 5.41) is 6.45. The van der Waals surface area contributed by atoms with E-state index in [1.807, 2.05) is 12.1 Å². The predicted molar refractivity (Wildman–Crippen MR) is 99.7 cm³/mol. The van der Waals surface area contributed by atoms with Crippen molar-refractivity contribution < 1.29 is 9.53 Å². The number of morpholine rings is 1. The van der Waals surface area contributed by atoms with Gasteiger partial charge in [0.2, 0.25) is 0 Å². The molecule has 0 bridgehead atoms. The van der Waals surface area contributed by atoms with E-state index in [1.54, 1.807) is 6.20 Å². The molecule has 8 heteroatoms. The van der Waals surface area contributed by atoms with Crippen LogP contribution in [0.2, 0.25) is 0 Å². The Labute approximate surface area is 155 Å². The van der Waals surface area contributed by atoms with Gasteiger partial charge in [0.25, 0.3) is 5.91 Å². The Morgan fingerprint density at radius 1 is 1.38 bits per heavy atom. The number of nitrogens with one attached hydrogen (secondary N) is 2. The number of carbonyl (C=O) groups excluding carboxylic acids is 1. The summed E-state index contributed by atoms with van der Waals surface area (Å²) in [6, 6.07) is 3.67. The highest BCUT2D eigenvalue weighted by atomic mass is 35.5. The molecule has 136 valence electrons. The van der Waals surface area contributed by atoms with Crippen LogP contribution < -0.4 is 15.5 Å². The zero-order chi connectivity index (χ0) is 15.2. The minimum absolute atomic E-state index is 0. The Morgan fingerprint density at radius 2 is 2.17 bits per heavy atom. The first-order chi connectivity index (χ1) is 10.8. The Morgan fingerprint density at radius 3 is 2.88 bits per heavy atom. The Balaban J connectivity index is 0.00000144. The van der Waals surface area contributed by atoms with Crippen LogP contribution in [0, 0.1) is 5.92 Å². The fourth-order valence-corrected chi connectivity index (χ4v) is 3.03. The fourth-order valence-electron chi connectivity index (χ4n) is 3.03. The average Bonchev–Trinajstić information content (AvgIpc) is 2.61. The minimum atomic E-state index is -0.0276. The van der Waals surface area contributed by atoms with E-state index in [0.717, 1.165) is 38.5 Å². The number of hydrogen-bond acceptors (Lipinski definition) is 5. The van der Waals surface area contributed by atoms with Gasteiger partial charge in [-0.25, -0.2) is 4.98 Å². The van der Waals surface area contributed by atoms with E-state index < -0.39 is 0 Å². The molecule has 2 aliphatic rings. The molecule has 1 amide bonds. The van der Waals surface area contributed by atoms with Crippen LogP contribution in [0.1, 0.15) is 23.2 Å². The summed E-state index contributed by atoms with van der Waals surface area (Å²) in [4.78, 5) is 19.1. The van der Waals surface area contributed by atoms with Crippen LogP contribution in [0.4, 0.5) is 5.82 Å². The largest absolute Gasteiger partial charge is 0.378 e. The van der Waals surface area contributed by atoms with Crippen molar-refractivity contribution in [2.24, 2.45) is 5.92 Å². The first kappa shape index (κ1) is 21.0. The van der Waals surface area contributed by atoms with Crippen LogP contribution in [0.25, 0.3) is 0 Å². The molecule has 6 nitrogen and oxygen atoms in total. The lowest BCUT2D eigenvalue weighted by molar-refractivity contribution is 0.0943. The van der Waals surface area contributed by atoms with Crippen molar-refractivity contribution in [2.45, 2.75) is 12.8 Å². The van der Waals surface area contributed by atoms with Gasteiger partial charge in [-0.15, -0.1) is 24.8 Å². The Bertz CT molecular complexity index is 507. The van der Waals surface area contributed by atoms with E-state index >= 15 is 0 Å². The molecule has 2 aliphatic heterocycles. The molecule has 1 atom stereocenters. The number of anilines is 1. The molecule has 2 fully saturated rings. The summed E-state index contributed by atoms with van der Waals surface area (Å²) in [5.74, 6) is 1.27. The van der Waals surface area contributed by atoms with E-state index in [1.165, 1.54) is 12.8 Å². The number of carbonyl (C=O) groups is 1. The topological polar surface area (TPSA) is 66.5 Å². The van der Waals surface area contributed by atoms with E-state index in [2.05, 4.69) is 20.5 Å². The molecule has 0 saturated carbocycles. The number of pyridine rings is 1. The van der Waals surface area contributed by atoms with Crippen molar-refractivity contribution in [3.8, 4) is 0 Å². The van der Waals surface area contributed by atoms with Gasteiger partial charge in [0.1, 0.15) is 5.82 Å². The van der Waals surface area contributed by atoms with E-state index in [-0.39, 0.29) is 30.7 Å². The predicted octanol–water partition coefficient (Wildman–Crippen LogP) is 1.49. The van der Waals surface area contributed by atoms with Gasteiger partial charge >= 0.3 is 0 Å². The lowest BCUT2D eigenvalue weighted by atomic mass is 9.99. The fraction of sp³-hybridized carbons (Fsp3) is 0.625. The zero-order valence-corrected chi connectivity index (χ0v) is 15.3. The second-order valence-electron chi connectivity index (χ2n) is 5.90. The number of amides is 1. The van der Waals surface area contributed by atoms with Crippen molar-refractivity contribution >= 4 is 36.5 Å². The monoisotopic (exact) mass is 376 g/mol. The highest BCUT2D eigenvalue weighted by molar-refractivity contribution is 5.98. The SMILES string of the molecule is Cl.Cl.O=C(NCC1CCCNC1)c1cccnc1N1CCOCC1. The molecule has 1 aromatic rings. The number of rotatable bonds is 4. The molecule has 2 saturated heterocycles. The summed E-state index contributed by atoms with van der Waals surface area (Å²) in [5.41, 5.74) is 0.660. The summed E-state index contributed by atoms with van der Waals surface area (Å²) in [6.07, 6.45) is 4.11. The Kier molecular flexibility index (Phi) is 9.36. The molecular weight excluding hydrogens is 351 g/mol. The highest BCUT2D eigenvalue weighted by Gasteiger charge is 2.21. The molecule has 1 unspecified atom stereocenters. The molecule has 0 radical (unpaired) electrons. The quantitative estimate of drug-likeness (QED) is 0.833. The van der Waals surface area contributed by atoms with Crippen molar-refractivity contribution in [1.82, 2.24) is 15.6 Å². The van der Waals surface area contributed by atoms with Gasteiger partial charge in [-0.3, -0.25) is 4.79 Å². The molecule has 1 aromatic heterocycles. The maximum Gasteiger partial charge on any atom is 0.255 e. The first-order valence-electron chi connectivity index (χ1n) is 8.11. The van der Waals surface area contributed by atoms with Gasteiger partial charge in [0, 0.05) is 25.8 Å². The third-order valence-corrected chi connectivity index (χ3v) is 4.29. The maximum absolute atomic E-state index is 12.5. The Hall–Kier alpha value is -1.08. The van der Waals surface area contributed by atoms with E-state index in [0.29, 0.717) is 24.7 Å². The zero-order valence-electron chi connectivity index (χ0n) is 13.7. The van der Waals surface area contributed by atoms with Gasteiger partial charge in [0.05, 0.1) is 18.8 Å². The lowest BCUT2D eigenvalue weighted by Gasteiger charge is -2.29. The summed E-state index contributed by atoms with van der Waals surface area (Å²) in [7, 11) is 0. The third-order valence-electron chi connectivity index (χ3n) is 4.29. The number of aromatic nitrogens is 1. The van der Waals surface area contributed by atoms with Gasteiger partial charge in [-0.2, -0.15) is 0 Å². The van der Waals surface area contributed by atoms with Crippen LogP contribution >= 0.6 is 24.8 Å². The molecule has 0 spiro atoms. The van der Waals surface area contributed by atoms with Crippen molar-refractivity contribution in [1.29, 1.82) is 0 Å². The number of ether oxygens (including phenoxy) is 1. The molecule has 0 aliphatic carbocycles. The van der Waals surface area contributed by atoms with E-state index in [4.69, 9.17) is 4.74 Å². The summed E-state index contributed by atoms with van der Waals surface area (Å²) >= 11 is 0. The van der Waals surface area contributed by atoms with Gasteiger partial charge in [-0.05, 0) is 44.0 Å². The standard InChI is InChI=1S/C16H24N4O2.2ClH/c21-16(19-12-13-3-1-5-17-11-13)14-4-2-6-18-15(14)20-7-9-22-10-8-20;;/h2,4,6,13,17H,1,3,5,7-12H2,(H,19,21);2*1H. The van der Waals surface area contributed by atoms with Gasteiger partial charge < -0.3 is 20.3 Å². The first-order valence-corrected chi connectivity index (χ1v) is 8.11. The summed E-state index contributed by atoms with van der Waals surface area (Å²) in [6.45, 7) is 5.74. The van der Waals surface area contributed by atoms with Crippen LogP contribution in [0.15, 0.2) is 18.3 Å². The molecule has 0 aromatic carbocycles. The van der Waals surface area contributed by atoms with Crippen molar-refractivity contribution in [3.63, 3.8) is 0 Å². The van der Waals surface area contributed by atoms with Crippen LogP contribution in [-0.2, 0) is 4.74 Å². The maximum atomic E-state index is 12.5. The van der Waals surface area contributed by atoms with Gasteiger partial charge in [-0.1, -0.05) is 0 Å². The van der Waals surface area contributed by atoms with Crippen LogP contribution in [-0.4, -0.2) is 56.8 Å². The smallest absolute Gasteiger partial charge is 0.255 e. The molecule has 3 rings (SSSR count). The summed E-state index contributed by atoms with van der Waals surface area (Å²) < 4.78 is 5.37. The number of nitrogens with zero attached hydrogens (tertiary/aromatic N) is 2. The van der Waals surface area contributed by atoms with Crippen molar-refractivity contribution in [2.75, 3.05) is 50.8 Å². The molecule has 24 heavy (non-hydrogen) atoms. The van der Waals surface area contributed by atoms with E-state index in [9.17, 15) is 4.79 Å². The van der Waals surface area contributed by atoms with Crippen LogP contribution in [0.5, 0.6) is 0 Å². The average molecular weight is 377 g/mol. The number of halogens is 2. The molecule has 2 N–H and O–H groups in total. The minimum Gasteiger partial charge on any atom is -0.378 e. The molecular formula is C16H26Cl2N4O2.